The molecule has 2 unspecified atom stereocenters. The maximum Gasteiger partial charge on any atom is 0.153 e. The van der Waals surface area contributed by atoms with Crippen molar-refractivity contribution in [3.63, 3.8) is 0 Å². The van der Waals surface area contributed by atoms with E-state index in [0.29, 0.717) is 0 Å². The van der Waals surface area contributed by atoms with Crippen LogP contribution in [0.5, 0.6) is 0 Å². The predicted octanol–water partition coefficient (Wildman–Crippen LogP) is 1.74. The minimum Gasteiger partial charge on any atom is -0.390 e. The lowest BCUT2D eigenvalue weighted by Gasteiger charge is -2.69. The molecule has 198 valence electrons. The molecule has 10 heteroatoms. The number of morpholine rings is 1. The molecule has 0 aromatic rings. The van der Waals surface area contributed by atoms with E-state index in [1.807, 2.05) is 6.08 Å². The van der Waals surface area contributed by atoms with Crippen molar-refractivity contribution >= 4 is 11.9 Å². The van der Waals surface area contributed by atoms with Gasteiger partial charge < -0.3 is 19.6 Å². The number of ether oxygens (including phenoxy) is 1. The lowest BCUT2D eigenvalue weighted by molar-refractivity contribution is -0.246. The van der Waals surface area contributed by atoms with Crippen LogP contribution in [0.3, 0.4) is 0 Å². The van der Waals surface area contributed by atoms with Gasteiger partial charge in [0.15, 0.2) is 5.66 Å². The predicted molar refractivity (Wildman–Crippen MR) is 143 cm³/mol. The summed E-state index contributed by atoms with van der Waals surface area (Å²) in [7, 11) is 0. The maximum atomic E-state index is 5.91. The average molecular weight is 516 g/mol. The summed E-state index contributed by atoms with van der Waals surface area (Å²) >= 11 is 1.69. The molecule has 9 nitrogen and oxygen atoms in total. The molecule has 0 aromatic heterocycles. The van der Waals surface area contributed by atoms with E-state index >= 15 is 0 Å². The lowest BCUT2D eigenvalue weighted by atomic mass is 9.68. The number of piperidine rings is 2. The van der Waals surface area contributed by atoms with Gasteiger partial charge in [-0.05, 0) is 61.3 Å². The number of hydrogen-bond acceptors (Lipinski definition) is 10. The summed E-state index contributed by atoms with van der Waals surface area (Å²) in [6, 6.07) is 0. The quantitative estimate of drug-likeness (QED) is 0.472. The third-order valence-corrected chi connectivity index (χ3v) is 9.27. The molecule has 4 saturated heterocycles. The molecule has 0 saturated carbocycles. The van der Waals surface area contributed by atoms with E-state index in [1.165, 1.54) is 25.0 Å². The highest BCUT2D eigenvalue weighted by Crippen LogP contribution is 2.53. The Bertz CT molecular complexity index is 893. The van der Waals surface area contributed by atoms with Gasteiger partial charge in [-0.25, -0.2) is 15.5 Å². The van der Waals surface area contributed by atoms with Gasteiger partial charge in [0, 0.05) is 58.9 Å². The Balaban J connectivity index is 1.61. The second kappa shape index (κ2) is 11.1. The first-order valence-corrected chi connectivity index (χ1v) is 14.6. The second-order valence-electron chi connectivity index (χ2n) is 10.4. The smallest absolute Gasteiger partial charge is 0.153 e. The van der Waals surface area contributed by atoms with E-state index in [9.17, 15) is 0 Å². The summed E-state index contributed by atoms with van der Waals surface area (Å²) in [4.78, 5) is 11.3. The van der Waals surface area contributed by atoms with Gasteiger partial charge in [-0.3, -0.25) is 9.80 Å². The van der Waals surface area contributed by atoms with Crippen molar-refractivity contribution in [3.05, 3.63) is 47.4 Å². The molecule has 0 amide bonds. The van der Waals surface area contributed by atoms with Gasteiger partial charge in [-0.1, -0.05) is 12.5 Å². The third-order valence-electron chi connectivity index (χ3n) is 8.64. The number of allylic oxidation sites excluding steroid dienone is 4. The maximum absolute atomic E-state index is 5.91. The summed E-state index contributed by atoms with van der Waals surface area (Å²) in [5, 5.41) is 11.2. The Morgan fingerprint density at radius 2 is 1.61 bits per heavy atom. The third kappa shape index (κ3) is 4.11. The molecule has 36 heavy (non-hydrogen) atoms. The molecule has 6 rings (SSSR count). The Morgan fingerprint density at radius 3 is 2.33 bits per heavy atom. The number of hydrazine groups is 1. The lowest BCUT2D eigenvalue weighted by Crippen LogP contribution is -2.85. The van der Waals surface area contributed by atoms with Gasteiger partial charge in [0.2, 0.25) is 0 Å². The van der Waals surface area contributed by atoms with Crippen molar-refractivity contribution in [1.29, 1.82) is 0 Å². The molecule has 4 fully saturated rings. The van der Waals surface area contributed by atoms with Crippen LogP contribution in [0.25, 0.3) is 0 Å². The largest absolute Gasteiger partial charge is 0.390 e. The fraction of sp³-hybridized carbons (Fsp3) is 0.692. The Morgan fingerprint density at radius 1 is 0.806 bits per heavy atom. The first-order valence-electron chi connectivity index (χ1n) is 13.8. The van der Waals surface area contributed by atoms with E-state index in [-0.39, 0.29) is 5.54 Å². The number of rotatable bonds is 5. The van der Waals surface area contributed by atoms with Crippen molar-refractivity contribution in [2.45, 2.75) is 43.3 Å². The molecular formula is C26H41N7O2S. The number of hydroxylamine groups is 1. The zero-order chi connectivity index (χ0) is 24.3. The molecule has 0 aliphatic carbocycles. The van der Waals surface area contributed by atoms with Gasteiger partial charge in [0.25, 0.3) is 0 Å². The van der Waals surface area contributed by atoms with Gasteiger partial charge in [-0.15, -0.1) is 0 Å². The first-order chi connectivity index (χ1) is 17.9. The molecule has 0 spiro atoms. The van der Waals surface area contributed by atoms with Crippen LogP contribution in [0.1, 0.15) is 32.1 Å². The van der Waals surface area contributed by atoms with Crippen molar-refractivity contribution in [2.75, 3.05) is 72.1 Å². The molecule has 2 atom stereocenters. The zero-order valence-corrected chi connectivity index (χ0v) is 22.1. The van der Waals surface area contributed by atoms with Gasteiger partial charge >= 0.3 is 0 Å². The van der Waals surface area contributed by atoms with Crippen LogP contribution >= 0.6 is 11.9 Å². The molecule has 6 aliphatic heterocycles. The zero-order valence-electron chi connectivity index (χ0n) is 21.3. The number of piperazine rings is 1. The van der Waals surface area contributed by atoms with Gasteiger partial charge in [-0.2, -0.15) is 0 Å². The minimum atomic E-state index is -0.423. The van der Waals surface area contributed by atoms with Crippen LogP contribution in [0.15, 0.2) is 47.4 Å². The highest BCUT2D eigenvalue weighted by atomic mass is 32.2. The summed E-state index contributed by atoms with van der Waals surface area (Å²) < 4.78 is 9.72. The van der Waals surface area contributed by atoms with Crippen LogP contribution in [0.2, 0.25) is 0 Å². The SMILES string of the molecule is C1=CONC(C2(N3CCOCC3)CCCN(N3CCCCC3)C2(C2=CC=CSN2)N2CCNCC2)=C1. The van der Waals surface area contributed by atoms with E-state index in [0.717, 1.165) is 90.7 Å². The molecule has 6 heterocycles. The molecule has 0 radical (unpaired) electrons. The van der Waals surface area contributed by atoms with Crippen molar-refractivity contribution in [1.82, 2.24) is 35.3 Å². The Kier molecular flexibility index (Phi) is 7.62. The van der Waals surface area contributed by atoms with Crippen LogP contribution in [0.4, 0.5) is 0 Å². The highest BCUT2D eigenvalue weighted by molar-refractivity contribution is 8.00. The normalized spacial score (nSPS) is 35.3. The standard InChI is InChI=1S/C26H41N7O2S/c1-2-12-32(13-3-1)33-14-6-9-25(23-7-4-19-35-28-23,30-17-20-34-21-18-30)26(33,24-8-5-22-36-29-24)31-15-10-27-11-16-31/h4-5,7-8,19,22,27-29H,1-3,6,9-18,20-21H2. The fourth-order valence-corrected chi connectivity index (χ4v) is 7.85. The van der Waals surface area contributed by atoms with Gasteiger partial charge in [0.05, 0.1) is 24.6 Å². The van der Waals surface area contributed by atoms with Crippen LogP contribution in [-0.2, 0) is 9.57 Å². The van der Waals surface area contributed by atoms with E-state index in [1.54, 1.807) is 18.2 Å². The summed E-state index contributed by atoms with van der Waals surface area (Å²) in [6.07, 6.45) is 16.6. The van der Waals surface area contributed by atoms with Crippen LogP contribution in [-0.4, -0.2) is 103 Å². The van der Waals surface area contributed by atoms with Crippen molar-refractivity contribution in [2.24, 2.45) is 0 Å². The Hall–Kier alpha value is -1.53. The van der Waals surface area contributed by atoms with E-state index in [4.69, 9.17) is 9.57 Å². The number of nitrogens with one attached hydrogen (secondary N) is 3. The average Bonchev–Trinajstić information content (AvgIpc) is 2.99. The van der Waals surface area contributed by atoms with Crippen LogP contribution < -0.4 is 15.5 Å². The number of hydrogen-bond donors (Lipinski definition) is 3. The minimum absolute atomic E-state index is 0.348. The Labute approximate surface area is 219 Å². The number of nitrogens with zero attached hydrogens (tertiary/aromatic N) is 4. The molecule has 0 bridgehead atoms. The summed E-state index contributed by atoms with van der Waals surface area (Å²) in [5.41, 5.74) is 5.05. The monoisotopic (exact) mass is 515 g/mol. The van der Waals surface area contributed by atoms with E-state index in [2.05, 4.69) is 59.0 Å². The van der Waals surface area contributed by atoms with Gasteiger partial charge in [0.1, 0.15) is 11.8 Å². The molecular weight excluding hydrogens is 474 g/mol. The molecule has 6 aliphatic rings. The first kappa shape index (κ1) is 24.8. The van der Waals surface area contributed by atoms with E-state index < -0.39 is 5.66 Å². The topological polar surface area (TPSA) is 67.5 Å². The van der Waals surface area contributed by atoms with Crippen molar-refractivity contribution in [3.8, 4) is 0 Å². The summed E-state index contributed by atoms with van der Waals surface area (Å²) in [6.45, 7) is 10.6. The van der Waals surface area contributed by atoms with Crippen molar-refractivity contribution < 1.29 is 9.57 Å². The highest BCUT2D eigenvalue weighted by Gasteiger charge is 2.68. The fourth-order valence-electron chi connectivity index (χ4n) is 7.28. The molecule has 0 aromatic carbocycles. The second-order valence-corrected chi connectivity index (χ2v) is 11.1. The molecule has 3 N–H and O–H groups in total. The van der Waals surface area contributed by atoms with Crippen LogP contribution in [0, 0.1) is 0 Å². The summed E-state index contributed by atoms with van der Waals surface area (Å²) in [5.74, 6) is 0.